The van der Waals surface area contributed by atoms with E-state index < -0.39 is 34.9 Å². The Bertz CT molecular complexity index is 1400. The molecule has 1 aliphatic heterocycles. The molecule has 2 atom stereocenters. The monoisotopic (exact) mass is 585 g/mol. The number of aryl methyl sites for hydroxylation is 1. The Labute approximate surface area is 224 Å². The zero-order chi connectivity index (χ0) is 25.9. The molecule has 2 aromatic heterocycles. The van der Waals surface area contributed by atoms with Gasteiger partial charge in [0.15, 0.2) is 5.69 Å². The van der Waals surface area contributed by atoms with Gasteiger partial charge in [0.1, 0.15) is 5.69 Å². The number of rotatable bonds is 6. The Morgan fingerprint density at radius 2 is 1.66 bits per heavy atom. The van der Waals surface area contributed by atoms with Crippen molar-refractivity contribution in [1.82, 2.24) is 24.2 Å². The summed E-state index contributed by atoms with van der Waals surface area (Å²) in [6.07, 6.45) is -5.42. The highest BCUT2D eigenvalue weighted by Gasteiger charge is 2.60. The summed E-state index contributed by atoms with van der Waals surface area (Å²) in [5.41, 5.74) is -2.85. The lowest BCUT2D eigenvalue weighted by molar-refractivity contribution is -0.141. The summed E-state index contributed by atoms with van der Waals surface area (Å²) in [4.78, 5) is 28.6. The van der Waals surface area contributed by atoms with Crippen LogP contribution in [0.4, 0.5) is 26.3 Å². The fraction of sp³-hybridized carbons (Fsp3) is 0.435. The lowest BCUT2D eigenvalue weighted by Crippen LogP contribution is -2.33. The van der Waals surface area contributed by atoms with Crippen molar-refractivity contribution in [1.29, 1.82) is 0 Å². The van der Waals surface area contributed by atoms with Gasteiger partial charge in [-0.05, 0) is 49.1 Å². The highest BCUT2D eigenvalue weighted by atomic mass is 35.5. The van der Waals surface area contributed by atoms with Gasteiger partial charge >= 0.3 is 18.0 Å². The lowest BCUT2D eigenvalue weighted by atomic mass is 9.94. The number of nitrogens with zero attached hydrogens (tertiary/aromatic N) is 4. The molecule has 0 radical (unpaired) electrons. The van der Waals surface area contributed by atoms with Gasteiger partial charge in [-0.2, -0.15) is 31.4 Å². The van der Waals surface area contributed by atoms with Crippen LogP contribution in [0.1, 0.15) is 29.7 Å². The topological polar surface area (TPSA) is 75.9 Å². The second kappa shape index (κ2) is 10.4. The molecule has 2 fully saturated rings. The second-order valence-corrected chi connectivity index (χ2v) is 9.33. The van der Waals surface area contributed by atoms with Gasteiger partial charge < -0.3 is 4.90 Å². The SMILES string of the molecule is Cl.Cl.O=c1[nH]c(=O)n(CCCN2C[C@@H]3C[C@]3(c3ccc(C(F)(F)F)cc3)C2)cc1-n1ccc(C(F)(F)F)n1. The fourth-order valence-corrected chi connectivity index (χ4v) is 5.10. The number of hydrogen-bond acceptors (Lipinski definition) is 4. The normalized spacial score (nSPS) is 20.9. The number of nitrogens with one attached hydrogen (secondary N) is 1. The maximum absolute atomic E-state index is 12.9. The summed E-state index contributed by atoms with van der Waals surface area (Å²) in [6, 6.07) is 6.06. The summed E-state index contributed by atoms with van der Waals surface area (Å²) < 4.78 is 79.1. The van der Waals surface area contributed by atoms with Gasteiger partial charge in [0, 0.05) is 37.4 Å². The van der Waals surface area contributed by atoms with E-state index in [0.29, 0.717) is 25.4 Å². The minimum absolute atomic E-state index is 0. The van der Waals surface area contributed by atoms with Crippen LogP contribution in [0.15, 0.2) is 52.3 Å². The van der Waals surface area contributed by atoms with Crippen molar-refractivity contribution in [3.8, 4) is 5.69 Å². The van der Waals surface area contributed by atoms with Crippen LogP contribution in [-0.2, 0) is 24.3 Å². The van der Waals surface area contributed by atoms with E-state index in [0.717, 1.165) is 47.6 Å². The second-order valence-electron chi connectivity index (χ2n) is 9.33. The Kier molecular flexibility index (Phi) is 8.17. The van der Waals surface area contributed by atoms with E-state index in [4.69, 9.17) is 0 Å². The summed E-state index contributed by atoms with van der Waals surface area (Å²) in [7, 11) is 0. The van der Waals surface area contributed by atoms with E-state index in [1.165, 1.54) is 10.8 Å². The molecule has 0 spiro atoms. The smallest absolute Gasteiger partial charge is 0.302 e. The van der Waals surface area contributed by atoms with Crippen LogP contribution in [0, 0.1) is 5.92 Å². The third-order valence-corrected chi connectivity index (χ3v) is 7.00. The van der Waals surface area contributed by atoms with Crippen molar-refractivity contribution in [2.75, 3.05) is 19.6 Å². The van der Waals surface area contributed by atoms with E-state index in [-0.39, 0.29) is 42.5 Å². The molecule has 1 aliphatic carbocycles. The third-order valence-electron chi connectivity index (χ3n) is 7.00. The van der Waals surface area contributed by atoms with E-state index in [1.807, 2.05) is 0 Å². The van der Waals surface area contributed by atoms with Crippen molar-refractivity contribution in [2.24, 2.45) is 5.92 Å². The quantitative estimate of drug-likeness (QED) is 0.438. The zero-order valence-corrected chi connectivity index (χ0v) is 21.2. The van der Waals surface area contributed by atoms with Crippen LogP contribution in [0.25, 0.3) is 5.69 Å². The number of fused-ring (bicyclic) bond motifs is 1. The molecule has 1 aromatic carbocycles. The van der Waals surface area contributed by atoms with Crippen molar-refractivity contribution >= 4 is 24.8 Å². The Morgan fingerprint density at radius 3 is 2.26 bits per heavy atom. The summed E-state index contributed by atoms with van der Waals surface area (Å²) in [6.45, 7) is 2.31. The molecule has 5 rings (SSSR count). The number of aromatic nitrogens is 4. The Balaban J connectivity index is 0.00000200. The first-order chi connectivity index (χ1) is 16.9. The molecule has 1 saturated carbocycles. The molecule has 0 unspecified atom stereocenters. The van der Waals surface area contributed by atoms with Crippen molar-refractivity contribution < 1.29 is 26.3 Å². The van der Waals surface area contributed by atoms with E-state index in [1.54, 1.807) is 12.1 Å². The molecular weight excluding hydrogens is 563 g/mol. The first kappa shape index (κ1) is 29.8. The molecule has 38 heavy (non-hydrogen) atoms. The molecule has 3 aromatic rings. The molecule has 15 heteroatoms. The highest BCUT2D eigenvalue weighted by molar-refractivity contribution is 5.85. The van der Waals surface area contributed by atoms with Crippen molar-refractivity contribution in [2.45, 2.75) is 37.2 Å². The number of benzene rings is 1. The standard InChI is InChI=1S/C23H21F6N5O2.2ClH/c24-22(25,26)15-4-2-14(3-5-15)21-10-16(21)11-32(13-21)7-1-8-33-12-17(19(35)30-20(33)36)34-9-6-18(31-34)23(27,28)29;;/h2-6,9,12,16H,1,7-8,10-11,13H2,(H,30,35,36);2*1H/t16-,21+;;/m0../s1. The Hall–Kier alpha value is -2.77. The first-order valence-corrected chi connectivity index (χ1v) is 11.2. The summed E-state index contributed by atoms with van der Waals surface area (Å²) in [5, 5.41) is 3.38. The van der Waals surface area contributed by atoms with Gasteiger partial charge in [-0.15, -0.1) is 24.8 Å². The van der Waals surface area contributed by atoms with Crippen LogP contribution in [0.3, 0.4) is 0 Å². The van der Waals surface area contributed by atoms with Gasteiger partial charge in [-0.25, -0.2) is 9.48 Å². The molecular formula is C23H23Cl2F6N5O2. The number of halogens is 8. The predicted octanol–water partition coefficient (Wildman–Crippen LogP) is 4.27. The molecule has 2 aliphatic rings. The molecule has 3 heterocycles. The van der Waals surface area contributed by atoms with Gasteiger partial charge in [0.25, 0.3) is 5.56 Å². The van der Waals surface area contributed by atoms with Crippen LogP contribution in [0.2, 0.25) is 0 Å². The Morgan fingerprint density at radius 1 is 0.974 bits per heavy atom. The van der Waals surface area contributed by atoms with E-state index in [2.05, 4.69) is 15.0 Å². The van der Waals surface area contributed by atoms with Gasteiger partial charge in [0.05, 0.1) is 5.56 Å². The number of aromatic amines is 1. The van der Waals surface area contributed by atoms with Crippen molar-refractivity contribution in [3.63, 3.8) is 0 Å². The maximum Gasteiger partial charge on any atom is 0.435 e. The molecule has 0 bridgehead atoms. The lowest BCUT2D eigenvalue weighted by Gasteiger charge is -2.21. The first-order valence-electron chi connectivity index (χ1n) is 11.2. The average molecular weight is 586 g/mol. The van der Waals surface area contributed by atoms with Crippen molar-refractivity contribution in [3.05, 3.63) is 80.4 Å². The molecule has 7 nitrogen and oxygen atoms in total. The van der Waals surface area contributed by atoms with Crippen LogP contribution >= 0.6 is 24.8 Å². The zero-order valence-electron chi connectivity index (χ0n) is 19.6. The van der Waals surface area contributed by atoms with Crippen LogP contribution in [0.5, 0.6) is 0 Å². The van der Waals surface area contributed by atoms with Gasteiger partial charge in [-0.1, -0.05) is 12.1 Å². The minimum atomic E-state index is -4.67. The largest absolute Gasteiger partial charge is 0.435 e. The third kappa shape index (κ3) is 5.64. The number of hydrogen-bond donors (Lipinski definition) is 1. The van der Waals surface area contributed by atoms with Gasteiger partial charge in [-0.3, -0.25) is 14.3 Å². The van der Waals surface area contributed by atoms with E-state index in [9.17, 15) is 35.9 Å². The number of H-pyrrole nitrogens is 1. The molecule has 208 valence electrons. The molecule has 0 amide bonds. The van der Waals surface area contributed by atoms with Crippen LogP contribution < -0.4 is 11.2 Å². The highest BCUT2D eigenvalue weighted by Crippen LogP contribution is 2.59. The van der Waals surface area contributed by atoms with Gasteiger partial charge in [0.2, 0.25) is 0 Å². The minimum Gasteiger partial charge on any atom is -0.302 e. The predicted molar refractivity (Wildman–Crippen MR) is 130 cm³/mol. The number of alkyl halides is 6. The fourth-order valence-electron chi connectivity index (χ4n) is 5.10. The van der Waals surface area contributed by atoms with E-state index >= 15 is 0 Å². The number of piperidine rings is 1. The summed E-state index contributed by atoms with van der Waals surface area (Å²) in [5.74, 6) is 0.360. The average Bonchev–Trinajstić information content (AvgIpc) is 3.13. The van der Waals surface area contributed by atoms with Crippen LogP contribution in [-0.4, -0.2) is 43.9 Å². The number of likely N-dealkylation sites (tertiary alicyclic amines) is 1. The summed E-state index contributed by atoms with van der Waals surface area (Å²) >= 11 is 0. The molecule has 1 N–H and O–H groups in total. The molecule has 1 saturated heterocycles. The maximum atomic E-state index is 12.9.